The molecule has 2 aromatic rings. The largest absolute Gasteiger partial charge is 0.343 e. The van der Waals surface area contributed by atoms with Gasteiger partial charge in [0.15, 0.2) is 11.8 Å². The Bertz CT molecular complexity index is 1020. The second-order valence-electron chi connectivity index (χ2n) is 7.21. The minimum absolute atomic E-state index is 0.0499. The number of nitrogens with one attached hydrogen (secondary N) is 2. The minimum atomic E-state index is -0.611. The highest BCUT2D eigenvalue weighted by atomic mass is 32.1. The van der Waals surface area contributed by atoms with Crippen LogP contribution in [0.25, 0.3) is 0 Å². The summed E-state index contributed by atoms with van der Waals surface area (Å²) in [7, 11) is 1.81. The number of nitrogens with zero attached hydrogens (tertiary/aromatic N) is 5. The fourth-order valence-corrected chi connectivity index (χ4v) is 4.96. The van der Waals surface area contributed by atoms with Crippen LogP contribution in [0, 0.1) is 42.3 Å². The topological polar surface area (TPSA) is 91.9 Å². The molecular formula is C19H20FN7S. The third-order valence-electron chi connectivity index (χ3n) is 5.56. The lowest BCUT2D eigenvalue weighted by molar-refractivity contribution is 0.274. The van der Waals surface area contributed by atoms with Gasteiger partial charge >= 0.3 is 0 Å². The van der Waals surface area contributed by atoms with Crippen LogP contribution in [0.4, 0.5) is 10.3 Å². The van der Waals surface area contributed by atoms with Gasteiger partial charge in [-0.05, 0) is 26.0 Å². The molecular weight excluding hydrogens is 377 g/mol. The van der Waals surface area contributed by atoms with Gasteiger partial charge < -0.3 is 15.1 Å². The predicted octanol–water partition coefficient (Wildman–Crippen LogP) is 2.48. The van der Waals surface area contributed by atoms with Gasteiger partial charge in [-0.15, -0.1) is 11.3 Å². The van der Waals surface area contributed by atoms with Crippen LogP contribution in [0.2, 0.25) is 0 Å². The average molecular weight is 397 g/mol. The van der Waals surface area contributed by atoms with Crippen molar-refractivity contribution in [3.05, 3.63) is 51.4 Å². The van der Waals surface area contributed by atoms with Crippen molar-refractivity contribution in [2.45, 2.75) is 19.4 Å². The van der Waals surface area contributed by atoms with Gasteiger partial charge in [-0.1, -0.05) is 6.58 Å². The molecule has 7 nitrogen and oxygen atoms in total. The molecule has 4 heterocycles. The van der Waals surface area contributed by atoms with Crippen LogP contribution < -0.4 is 10.2 Å². The summed E-state index contributed by atoms with van der Waals surface area (Å²) >= 11 is 1.41. The minimum Gasteiger partial charge on any atom is -0.343 e. The number of thiophene rings is 1. The van der Waals surface area contributed by atoms with Gasteiger partial charge in [-0.25, -0.2) is 14.4 Å². The monoisotopic (exact) mass is 397 g/mol. The third kappa shape index (κ3) is 2.56. The number of halogens is 1. The number of guanidine groups is 1. The summed E-state index contributed by atoms with van der Waals surface area (Å²) < 4.78 is 14.0. The van der Waals surface area contributed by atoms with Crippen LogP contribution in [0.5, 0.6) is 0 Å². The van der Waals surface area contributed by atoms with Crippen molar-refractivity contribution in [1.29, 1.82) is 10.7 Å². The summed E-state index contributed by atoms with van der Waals surface area (Å²) in [6.07, 6.45) is 0. The van der Waals surface area contributed by atoms with E-state index in [9.17, 15) is 9.65 Å². The lowest BCUT2D eigenvalue weighted by atomic mass is 9.81. The highest BCUT2D eigenvalue weighted by Crippen LogP contribution is 2.46. The van der Waals surface area contributed by atoms with Gasteiger partial charge in [0.05, 0.1) is 11.4 Å². The summed E-state index contributed by atoms with van der Waals surface area (Å²) in [6, 6.07) is 5.91. The van der Waals surface area contributed by atoms with E-state index in [1.54, 1.807) is 24.8 Å². The number of nitriles is 1. The van der Waals surface area contributed by atoms with Crippen LogP contribution in [0.1, 0.15) is 21.1 Å². The first-order valence-corrected chi connectivity index (χ1v) is 9.64. The van der Waals surface area contributed by atoms with Crippen molar-refractivity contribution < 1.29 is 4.39 Å². The molecule has 2 aromatic heterocycles. The summed E-state index contributed by atoms with van der Waals surface area (Å²) in [5, 5.41) is 21.0. The SMILES string of the molecule is C=C1[C@@H]2CN(c3nc(C)c(F)c(C)n3)C[C@]2(c2ccc(C#N)s2)NC(=N)N1C. The zero-order chi connectivity index (χ0) is 20.2. The van der Waals surface area contributed by atoms with E-state index >= 15 is 0 Å². The molecule has 2 fully saturated rings. The quantitative estimate of drug-likeness (QED) is 0.809. The van der Waals surface area contributed by atoms with E-state index in [1.165, 1.54) is 11.3 Å². The van der Waals surface area contributed by atoms with Gasteiger partial charge in [-0.2, -0.15) is 5.26 Å². The average Bonchev–Trinajstić information content (AvgIpc) is 3.29. The fourth-order valence-electron chi connectivity index (χ4n) is 3.97. The molecule has 0 radical (unpaired) electrons. The van der Waals surface area contributed by atoms with Crippen molar-refractivity contribution in [2.75, 3.05) is 25.0 Å². The molecule has 0 saturated carbocycles. The first kappa shape index (κ1) is 18.4. The van der Waals surface area contributed by atoms with E-state index in [2.05, 4.69) is 27.9 Å². The van der Waals surface area contributed by atoms with Crippen LogP contribution >= 0.6 is 11.3 Å². The smallest absolute Gasteiger partial charge is 0.226 e. The molecule has 2 N–H and O–H groups in total. The van der Waals surface area contributed by atoms with Gasteiger partial charge in [0.25, 0.3) is 0 Å². The molecule has 0 unspecified atom stereocenters. The van der Waals surface area contributed by atoms with Crippen molar-refractivity contribution >= 4 is 23.2 Å². The van der Waals surface area contributed by atoms with Crippen LogP contribution in [0.15, 0.2) is 24.4 Å². The zero-order valence-corrected chi connectivity index (χ0v) is 16.7. The second kappa shape index (κ2) is 6.27. The molecule has 2 saturated heterocycles. The number of fused-ring (bicyclic) bond motifs is 1. The molecule has 144 valence electrons. The maximum Gasteiger partial charge on any atom is 0.226 e. The maximum absolute atomic E-state index is 14.0. The molecule has 28 heavy (non-hydrogen) atoms. The lowest BCUT2D eigenvalue weighted by Gasteiger charge is -2.45. The highest BCUT2D eigenvalue weighted by molar-refractivity contribution is 7.12. The van der Waals surface area contributed by atoms with E-state index in [0.717, 1.165) is 10.6 Å². The fraction of sp³-hybridized carbons (Fsp3) is 0.368. The Hall–Kier alpha value is -2.99. The Kier molecular flexibility index (Phi) is 4.12. The molecule has 2 atom stereocenters. The molecule has 0 spiro atoms. The van der Waals surface area contributed by atoms with Crippen molar-refractivity contribution in [3.63, 3.8) is 0 Å². The molecule has 0 bridgehead atoms. The summed E-state index contributed by atoms with van der Waals surface area (Å²) in [5.74, 6) is 0.274. The Morgan fingerprint density at radius 3 is 2.68 bits per heavy atom. The number of hydrogen-bond donors (Lipinski definition) is 2. The highest BCUT2D eigenvalue weighted by Gasteiger charge is 2.55. The molecule has 4 rings (SSSR count). The normalized spacial score (nSPS) is 24.2. The number of aromatic nitrogens is 2. The Balaban J connectivity index is 1.81. The molecule has 0 aliphatic carbocycles. The second-order valence-corrected chi connectivity index (χ2v) is 8.30. The van der Waals surface area contributed by atoms with E-state index < -0.39 is 11.4 Å². The number of anilines is 1. The summed E-state index contributed by atoms with van der Waals surface area (Å²) in [4.78, 5) is 14.0. The number of rotatable bonds is 2. The molecule has 2 aliphatic heterocycles. The van der Waals surface area contributed by atoms with E-state index in [-0.39, 0.29) is 11.9 Å². The Morgan fingerprint density at radius 1 is 1.39 bits per heavy atom. The van der Waals surface area contributed by atoms with Gasteiger partial charge in [0.1, 0.15) is 16.5 Å². The molecule has 0 aromatic carbocycles. The third-order valence-corrected chi connectivity index (χ3v) is 6.72. The van der Waals surface area contributed by atoms with E-state index in [4.69, 9.17) is 5.41 Å². The predicted molar refractivity (Wildman–Crippen MR) is 106 cm³/mol. The van der Waals surface area contributed by atoms with Crippen molar-refractivity contribution in [1.82, 2.24) is 20.2 Å². The molecule has 2 aliphatic rings. The first-order chi connectivity index (χ1) is 13.3. The Morgan fingerprint density at radius 2 is 2.07 bits per heavy atom. The first-order valence-electron chi connectivity index (χ1n) is 8.82. The lowest BCUT2D eigenvalue weighted by Crippen LogP contribution is -2.60. The van der Waals surface area contributed by atoms with Crippen LogP contribution in [0.3, 0.4) is 0 Å². The van der Waals surface area contributed by atoms with Crippen molar-refractivity contribution in [2.24, 2.45) is 5.92 Å². The molecule has 0 amide bonds. The summed E-state index contributed by atoms with van der Waals surface area (Å²) in [5.41, 5.74) is 0.825. The van der Waals surface area contributed by atoms with Gasteiger partial charge in [0.2, 0.25) is 5.95 Å². The standard InChI is InChI=1S/C19H20FN7S/c1-10-16(20)11(2)24-18(23-10)27-8-14-12(3)26(4)17(22)25-19(14,9-27)15-6-5-13(7-21)28-15/h5-6,14H,3,8-9H2,1-2,4H3,(H2,22,25)/t14-,19-/m0/s1. The zero-order valence-electron chi connectivity index (χ0n) is 15.9. The van der Waals surface area contributed by atoms with Crippen LogP contribution in [-0.4, -0.2) is 41.0 Å². The number of aryl methyl sites for hydroxylation is 2. The van der Waals surface area contributed by atoms with E-state index in [1.807, 2.05) is 18.0 Å². The van der Waals surface area contributed by atoms with Gasteiger partial charge in [0, 0.05) is 36.6 Å². The van der Waals surface area contributed by atoms with Crippen molar-refractivity contribution in [3.8, 4) is 6.07 Å². The van der Waals surface area contributed by atoms with Crippen LogP contribution in [-0.2, 0) is 5.54 Å². The number of hydrogen-bond acceptors (Lipinski definition) is 6. The van der Waals surface area contributed by atoms with Gasteiger partial charge in [-0.3, -0.25) is 5.41 Å². The van der Waals surface area contributed by atoms with E-state index in [0.29, 0.717) is 35.3 Å². The Labute approximate surface area is 166 Å². The maximum atomic E-state index is 14.0. The summed E-state index contributed by atoms with van der Waals surface area (Å²) in [6.45, 7) is 8.55. The molecule has 9 heteroatoms.